The molecule has 1 aromatic carbocycles. The summed E-state index contributed by atoms with van der Waals surface area (Å²) in [6.45, 7) is 4.98. The number of pyridine rings is 1. The zero-order valence-corrected chi connectivity index (χ0v) is 15.7. The first-order valence-corrected chi connectivity index (χ1v) is 8.79. The van der Waals surface area contributed by atoms with Crippen molar-refractivity contribution in [2.45, 2.75) is 20.4 Å². The van der Waals surface area contributed by atoms with Crippen LogP contribution in [0.25, 0.3) is 0 Å². The third-order valence-electron chi connectivity index (χ3n) is 3.71. The van der Waals surface area contributed by atoms with Gasteiger partial charge >= 0.3 is 0 Å². The maximum absolute atomic E-state index is 12.4. The van der Waals surface area contributed by atoms with E-state index in [0.29, 0.717) is 28.8 Å². The summed E-state index contributed by atoms with van der Waals surface area (Å²) < 4.78 is 2.02. The fraction of sp³-hybridized carbons (Fsp3) is 0.278. The summed E-state index contributed by atoms with van der Waals surface area (Å²) in [5.74, 6) is -0.419. The summed E-state index contributed by atoms with van der Waals surface area (Å²) in [6, 6.07) is 9.80. The Morgan fingerprint density at radius 3 is 2.56 bits per heavy atom. The molecule has 132 valence electrons. The lowest BCUT2D eigenvalue weighted by Crippen LogP contribution is -2.30. The topological polar surface area (TPSA) is 71.4 Å². The molecule has 0 bridgehead atoms. The van der Waals surface area contributed by atoms with Gasteiger partial charge in [-0.1, -0.05) is 6.07 Å². The summed E-state index contributed by atoms with van der Waals surface area (Å²) in [5, 5.41) is 2.72. The molecule has 0 aliphatic carbocycles. The molecule has 0 radical (unpaired) electrons. The SMILES string of the molecule is CCN(CC)C(=O)c1cccc(NC(=O)Cn2cc(Br)ccc2=O)c1. The molecule has 1 heterocycles. The molecule has 1 aromatic heterocycles. The molecule has 0 aliphatic heterocycles. The first-order valence-electron chi connectivity index (χ1n) is 7.99. The summed E-state index contributed by atoms with van der Waals surface area (Å²) >= 11 is 3.27. The summed E-state index contributed by atoms with van der Waals surface area (Å²) in [5.41, 5.74) is 0.774. The molecule has 2 amide bonds. The van der Waals surface area contributed by atoms with Crippen LogP contribution in [-0.2, 0) is 11.3 Å². The fourth-order valence-corrected chi connectivity index (χ4v) is 2.78. The molecule has 1 N–H and O–H groups in total. The van der Waals surface area contributed by atoms with Gasteiger partial charge in [0.15, 0.2) is 0 Å². The number of hydrogen-bond acceptors (Lipinski definition) is 3. The Bertz CT molecular complexity index is 828. The average molecular weight is 406 g/mol. The van der Waals surface area contributed by atoms with Gasteiger partial charge in [0, 0.05) is 41.1 Å². The van der Waals surface area contributed by atoms with E-state index in [9.17, 15) is 14.4 Å². The Balaban J connectivity index is 2.11. The van der Waals surface area contributed by atoms with Crippen LogP contribution >= 0.6 is 15.9 Å². The second kappa shape index (κ2) is 8.62. The average Bonchev–Trinajstić information content (AvgIpc) is 2.59. The van der Waals surface area contributed by atoms with Crippen molar-refractivity contribution in [1.29, 1.82) is 0 Å². The summed E-state index contributed by atoms with van der Waals surface area (Å²) in [6.07, 6.45) is 1.56. The zero-order chi connectivity index (χ0) is 18.4. The molecule has 2 rings (SSSR count). The highest BCUT2D eigenvalue weighted by Crippen LogP contribution is 2.13. The highest BCUT2D eigenvalue weighted by Gasteiger charge is 2.13. The third-order valence-corrected chi connectivity index (χ3v) is 4.17. The number of carbonyl (C=O) groups is 2. The van der Waals surface area contributed by atoms with Crippen LogP contribution in [-0.4, -0.2) is 34.4 Å². The molecule has 6 nitrogen and oxygen atoms in total. The number of rotatable bonds is 6. The molecular weight excluding hydrogens is 386 g/mol. The lowest BCUT2D eigenvalue weighted by molar-refractivity contribution is -0.116. The van der Waals surface area contributed by atoms with Crippen molar-refractivity contribution in [3.63, 3.8) is 0 Å². The second-order valence-electron chi connectivity index (χ2n) is 5.42. The Labute approximate surface area is 154 Å². The minimum Gasteiger partial charge on any atom is -0.339 e. The van der Waals surface area contributed by atoms with Gasteiger partial charge in [0.2, 0.25) is 5.91 Å². The number of amides is 2. The van der Waals surface area contributed by atoms with Gasteiger partial charge < -0.3 is 14.8 Å². The zero-order valence-electron chi connectivity index (χ0n) is 14.2. The predicted molar refractivity (Wildman–Crippen MR) is 101 cm³/mol. The Hall–Kier alpha value is -2.41. The largest absolute Gasteiger partial charge is 0.339 e. The number of aromatic nitrogens is 1. The van der Waals surface area contributed by atoms with Gasteiger partial charge in [-0.2, -0.15) is 0 Å². The lowest BCUT2D eigenvalue weighted by Gasteiger charge is -2.19. The van der Waals surface area contributed by atoms with E-state index in [1.54, 1.807) is 41.4 Å². The highest BCUT2D eigenvalue weighted by atomic mass is 79.9. The van der Waals surface area contributed by atoms with Gasteiger partial charge in [0.25, 0.3) is 11.5 Å². The van der Waals surface area contributed by atoms with Crippen molar-refractivity contribution in [2.24, 2.45) is 0 Å². The Morgan fingerprint density at radius 1 is 1.16 bits per heavy atom. The Kier molecular flexibility index (Phi) is 6.52. The van der Waals surface area contributed by atoms with Crippen molar-refractivity contribution < 1.29 is 9.59 Å². The van der Waals surface area contributed by atoms with E-state index < -0.39 is 0 Å². The molecule has 0 saturated heterocycles. The molecule has 0 atom stereocenters. The van der Waals surface area contributed by atoms with Gasteiger partial charge in [-0.25, -0.2) is 0 Å². The number of anilines is 1. The lowest BCUT2D eigenvalue weighted by atomic mass is 10.1. The van der Waals surface area contributed by atoms with Gasteiger partial charge in [-0.3, -0.25) is 14.4 Å². The Morgan fingerprint density at radius 2 is 1.88 bits per heavy atom. The number of halogens is 1. The molecule has 25 heavy (non-hydrogen) atoms. The molecule has 2 aromatic rings. The second-order valence-corrected chi connectivity index (χ2v) is 6.34. The van der Waals surface area contributed by atoms with Crippen LogP contribution in [0.4, 0.5) is 5.69 Å². The van der Waals surface area contributed by atoms with Crippen molar-refractivity contribution >= 4 is 33.4 Å². The van der Waals surface area contributed by atoms with E-state index in [1.165, 1.54) is 10.6 Å². The molecule has 7 heteroatoms. The van der Waals surface area contributed by atoms with Crippen LogP contribution in [0.15, 0.2) is 51.9 Å². The van der Waals surface area contributed by atoms with Crippen molar-refractivity contribution in [3.05, 3.63) is 63.0 Å². The first-order chi connectivity index (χ1) is 11.9. The van der Waals surface area contributed by atoms with E-state index in [2.05, 4.69) is 21.2 Å². The van der Waals surface area contributed by atoms with Gasteiger partial charge in [0.1, 0.15) is 6.54 Å². The van der Waals surface area contributed by atoms with Crippen LogP contribution in [0.5, 0.6) is 0 Å². The smallest absolute Gasteiger partial charge is 0.253 e. The van der Waals surface area contributed by atoms with Crippen molar-refractivity contribution in [1.82, 2.24) is 9.47 Å². The molecule has 0 unspecified atom stereocenters. The van der Waals surface area contributed by atoms with Crippen LogP contribution in [0.2, 0.25) is 0 Å². The monoisotopic (exact) mass is 405 g/mol. The predicted octanol–water partition coefficient (Wildman–Crippen LogP) is 2.73. The number of carbonyl (C=O) groups excluding carboxylic acids is 2. The van der Waals surface area contributed by atoms with Crippen LogP contribution in [0.1, 0.15) is 24.2 Å². The van der Waals surface area contributed by atoms with E-state index in [4.69, 9.17) is 0 Å². The fourth-order valence-electron chi connectivity index (χ4n) is 2.40. The standard InChI is InChI=1S/C18H20BrN3O3/c1-3-21(4-2)18(25)13-6-5-7-15(10-13)20-16(23)12-22-11-14(19)8-9-17(22)24/h5-11H,3-4,12H2,1-2H3,(H,20,23). The van der Waals surface area contributed by atoms with Crippen molar-refractivity contribution in [3.8, 4) is 0 Å². The molecule has 0 fully saturated rings. The van der Waals surface area contributed by atoms with Crippen LogP contribution in [0.3, 0.4) is 0 Å². The van der Waals surface area contributed by atoms with Crippen LogP contribution in [0, 0.1) is 0 Å². The quantitative estimate of drug-likeness (QED) is 0.802. The normalized spacial score (nSPS) is 10.4. The van der Waals surface area contributed by atoms with E-state index in [-0.39, 0.29) is 23.9 Å². The maximum atomic E-state index is 12.4. The number of nitrogens with one attached hydrogen (secondary N) is 1. The minimum absolute atomic E-state index is 0.0793. The van der Waals surface area contributed by atoms with Gasteiger partial charge in [-0.15, -0.1) is 0 Å². The van der Waals surface area contributed by atoms with Crippen molar-refractivity contribution in [2.75, 3.05) is 18.4 Å². The van der Waals surface area contributed by atoms with Gasteiger partial charge in [-0.05, 0) is 54.0 Å². The minimum atomic E-state index is -0.340. The van der Waals surface area contributed by atoms with E-state index in [0.717, 1.165) is 0 Å². The van der Waals surface area contributed by atoms with E-state index >= 15 is 0 Å². The molecule has 0 saturated carbocycles. The van der Waals surface area contributed by atoms with E-state index in [1.807, 2.05) is 13.8 Å². The maximum Gasteiger partial charge on any atom is 0.253 e. The number of nitrogens with zero attached hydrogens (tertiary/aromatic N) is 2. The third kappa shape index (κ3) is 5.03. The molecular formula is C18H20BrN3O3. The van der Waals surface area contributed by atoms with Crippen LogP contribution < -0.4 is 10.9 Å². The number of benzene rings is 1. The molecule has 0 aliphatic rings. The first kappa shape index (κ1) is 18.9. The highest BCUT2D eigenvalue weighted by molar-refractivity contribution is 9.10. The number of hydrogen-bond donors (Lipinski definition) is 1. The summed E-state index contributed by atoms with van der Waals surface area (Å²) in [4.78, 5) is 38.0. The van der Waals surface area contributed by atoms with Gasteiger partial charge in [0.05, 0.1) is 0 Å². The molecule has 0 spiro atoms. The summed E-state index contributed by atoms with van der Waals surface area (Å²) in [7, 11) is 0.